The van der Waals surface area contributed by atoms with Gasteiger partial charge in [0.25, 0.3) is 5.91 Å². The van der Waals surface area contributed by atoms with E-state index in [2.05, 4.69) is 5.32 Å². The number of benzene rings is 2. The maximum atomic E-state index is 13.3. The van der Waals surface area contributed by atoms with Crippen LogP contribution >= 0.6 is 0 Å². The molecule has 0 aromatic heterocycles. The summed E-state index contributed by atoms with van der Waals surface area (Å²) in [5, 5.41) is 22.0. The number of nitrogens with one attached hydrogen (secondary N) is 2. The topological polar surface area (TPSA) is 106 Å². The lowest BCUT2D eigenvalue weighted by Crippen LogP contribution is -2.30. The number of nitrogens with zero attached hydrogens (tertiary/aromatic N) is 2. The molecule has 2 aromatic rings. The van der Waals surface area contributed by atoms with Crippen LogP contribution in [-0.4, -0.2) is 61.8 Å². The Morgan fingerprint density at radius 1 is 1.21 bits per heavy atom. The summed E-state index contributed by atoms with van der Waals surface area (Å²) < 4.78 is 5.65. The third kappa shape index (κ3) is 4.71. The SMILES string of the molecule is CCOc1cc2c(cc1C(=O)NC)C(=N)N(CC(=O)c1cc(N(C)C)c(O)c(C(C)(C)C)c1)C2. The lowest BCUT2D eigenvalue weighted by atomic mass is 9.84. The summed E-state index contributed by atoms with van der Waals surface area (Å²) in [7, 11) is 5.19. The highest BCUT2D eigenvalue weighted by molar-refractivity contribution is 6.08. The Kier molecular flexibility index (Phi) is 6.91. The highest BCUT2D eigenvalue weighted by Gasteiger charge is 2.30. The number of Topliss-reactive ketones (excluding diaryl/α,β-unsaturated/α-hetero) is 1. The molecule has 34 heavy (non-hydrogen) atoms. The third-order valence-electron chi connectivity index (χ3n) is 5.95. The fraction of sp³-hybridized carbons (Fsp3) is 0.423. The van der Waals surface area contributed by atoms with Crippen LogP contribution in [0, 0.1) is 5.41 Å². The van der Waals surface area contributed by atoms with E-state index in [4.69, 9.17) is 10.1 Å². The number of hydrogen-bond donors (Lipinski definition) is 3. The second-order valence-electron chi connectivity index (χ2n) is 9.68. The molecule has 0 saturated heterocycles. The average molecular weight is 467 g/mol. The van der Waals surface area contributed by atoms with Gasteiger partial charge in [0, 0.05) is 44.4 Å². The minimum atomic E-state index is -0.354. The second-order valence-corrected chi connectivity index (χ2v) is 9.68. The van der Waals surface area contributed by atoms with Gasteiger partial charge in [-0.05, 0) is 42.2 Å². The van der Waals surface area contributed by atoms with Gasteiger partial charge in [0.2, 0.25) is 0 Å². The van der Waals surface area contributed by atoms with Gasteiger partial charge in [-0.25, -0.2) is 0 Å². The van der Waals surface area contributed by atoms with Crippen molar-refractivity contribution < 1.29 is 19.4 Å². The summed E-state index contributed by atoms with van der Waals surface area (Å²) >= 11 is 0. The molecular weight excluding hydrogens is 432 g/mol. The van der Waals surface area contributed by atoms with Crippen molar-refractivity contribution in [3.05, 3.63) is 52.1 Å². The van der Waals surface area contributed by atoms with E-state index in [1.807, 2.05) is 41.8 Å². The van der Waals surface area contributed by atoms with Crippen molar-refractivity contribution in [3.8, 4) is 11.5 Å². The standard InChI is InChI=1S/C26H34N4O4/c1-8-34-22-11-16-13-30(24(27)17(16)12-18(22)25(33)28-5)14-21(31)15-9-19(26(2,3)4)23(32)20(10-15)29(6)7/h9-12,27,32H,8,13-14H2,1-7H3,(H,28,33). The fourth-order valence-corrected chi connectivity index (χ4v) is 4.11. The first kappa shape index (κ1) is 25.1. The van der Waals surface area contributed by atoms with E-state index in [1.54, 1.807) is 41.1 Å². The Hall–Kier alpha value is -3.55. The number of fused-ring (bicyclic) bond motifs is 1. The van der Waals surface area contributed by atoms with E-state index in [0.717, 1.165) is 5.56 Å². The molecule has 3 N–H and O–H groups in total. The number of anilines is 1. The maximum absolute atomic E-state index is 13.3. The van der Waals surface area contributed by atoms with Crippen molar-refractivity contribution in [2.75, 3.05) is 39.2 Å². The molecule has 3 rings (SSSR count). The Morgan fingerprint density at radius 2 is 1.88 bits per heavy atom. The van der Waals surface area contributed by atoms with E-state index < -0.39 is 0 Å². The molecule has 0 bridgehead atoms. The van der Waals surface area contributed by atoms with Gasteiger partial charge in [0.05, 0.1) is 24.4 Å². The van der Waals surface area contributed by atoms with E-state index in [0.29, 0.717) is 46.8 Å². The number of carbonyl (C=O) groups excluding carboxylic acids is 2. The first-order valence-electron chi connectivity index (χ1n) is 11.3. The first-order valence-corrected chi connectivity index (χ1v) is 11.3. The molecule has 182 valence electrons. The molecular formula is C26H34N4O4. The van der Waals surface area contributed by atoms with Crippen molar-refractivity contribution in [2.24, 2.45) is 0 Å². The minimum absolute atomic E-state index is 0.00795. The smallest absolute Gasteiger partial charge is 0.254 e. The first-order chi connectivity index (χ1) is 15.9. The van der Waals surface area contributed by atoms with Gasteiger partial charge in [-0.1, -0.05) is 20.8 Å². The van der Waals surface area contributed by atoms with E-state index in [9.17, 15) is 14.7 Å². The van der Waals surface area contributed by atoms with Gasteiger partial charge in [0.15, 0.2) is 5.78 Å². The maximum Gasteiger partial charge on any atom is 0.254 e. The lowest BCUT2D eigenvalue weighted by molar-refractivity contribution is 0.0953. The zero-order chi connectivity index (χ0) is 25.4. The number of ether oxygens (including phenoxy) is 1. The number of amides is 1. The molecule has 0 aliphatic carbocycles. The molecule has 0 saturated carbocycles. The number of phenolic OH excluding ortho intramolecular Hbond substituents is 1. The average Bonchev–Trinajstić information content (AvgIpc) is 3.06. The monoisotopic (exact) mass is 466 g/mol. The highest BCUT2D eigenvalue weighted by atomic mass is 16.5. The number of carbonyl (C=O) groups is 2. The fourth-order valence-electron chi connectivity index (χ4n) is 4.11. The van der Waals surface area contributed by atoms with Crippen LogP contribution in [0.25, 0.3) is 0 Å². The van der Waals surface area contributed by atoms with Crippen molar-refractivity contribution in [2.45, 2.75) is 39.7 Å². The summed E-state index contributed by atoms with van der Waals surface area (Å²) in [6.45, 7) is 8.60. The summed E-state index contributed by atoms with van der Waals surface area (Å²) in [4.78, 5) is 29.1. The molecule has 0 fully saturated rings. The molecule has 1 heterocycles. The van der Waals surface area contributed by atoms with Gasteiger partial charge < -0.3 is 25.0 Å². The summed E-state index contributed by atoms with van der Waals surface area (Å²) in [5.41, 5.74) is 3.22. The van der Waals surface area contributed by atoms with Crippen LogP contribution in [0.2, 0.25) is 0 Å². The van der Waals surface area contributed by atoms with Gasteiger partial charge in [-0.15, -0.1) is 0 Å². The van der Waals surface area contributed by atoms with E-state index in [1.165, 1.54) is 0 Å². The highest BCUT2D eigenvalue weighted by Crippen LogP contribution is 2.39. The van der Waals surface area contributed by atoms with Gasteiger partial charge >= 0.3 is 0 Å². The predicted molar refractivity (Wildman–Crippen MR) is 134 cm³/mol. The van der Waals surface area contributed by atoms with Crippen LogP contribution in [0.3, 0.4) is 0 Å². The van der Waals surface area contributed by atoms with Crippen molar-refractivity contribution in [1.29, 1.82) is 5.41 Å². The van der Waals surface area contributed by atoms with Crippen LogP contribution in [0.1, 0.15) is 65.1 Å². The molecule has 0 unspecified atom stereocenters. The Bertz CT molecular complexity index is 1150. The number of amidine groups is 1. The molecule has 0 radical (unpaired) electrons. The largest absolute Gasteiger partial charge is 0.505 e. The number of ketones is 1. The molecule has 1 aliphatic heterocycles. The Balaban J connectivity index is 1.93. The van der Waals surface area contributed by atoms with Crippen LogP contribution in [0.15, 0.2) is 24.3 Å². The quantitative estimate of drug-likeness (QED) is 0.539. The number of phenols is 1. The van der Waals surface area contributed by atoms with Gasteiger partial charge in [0.1, 0.15) is 17.3 Å². The second kappa shape index (κ2) is 9.37. The lowest BCUT2D eigenvalue weighted by Gasteiger charge is -2.26. The zero-order valence-corrected chi connectivity index (χ0v) is 21.0. The van der Waals surface area contributed by atoms with E-state index >= 15 is 0 Å². The van der Waals surface area contributed by atoms with E-state index in [-0.39, 0.29) is 35.2 Å². The molecule has 1 amide bonds. The van der Waals surface area contributed by atoms with Gasteiger partial charge in [-0.3, -0.25) is 15.0 Å². The summed E-state index contributed by atoms with van der Waals surface area (Å²) in [5.74, 6) is 0.386. The normalized spacial score (nSPS) is 13.0. The Labute approximate surface area is 201 Å². The molecule has 1 aliphatic rings. The van der Waals surface area contributed by atoms with Crippen LogP contribution in [0.4, 0.5) is 5.69 Å². The number of rotatable bonds is 7. The van der Waals surface area contributed by atoms with Crippen LogP contribution in [-0.2, 0) is 12.0 Å². The molecule has 8 nitrogen and oxygen atoms in total. The molecule has 0 atom stereocenters. The van der Waals surface area contributed by atoms with Crippen LogP contribution < -0.4 is 15.0 Å². The predicted octanol–water partition coefficient (Wildman–Crippen LogP) is 3.54. The van der Waals surface area contributed by atoms with Crippen molar-refractivity contribution >= 4 is 23.2 Å². The zero-order valence-electron chi connectivity index (χ0n) is 21.0. The third-order valence-corrected chi connectivity index (χ3v) is 5.95. The van der Waals surface area contributed by atoms with Crippen molar-refractivity contribution in [3.63, 3.8) is 0 Å². The van der Waals surface area contributed by atoms with Gasteiger partial charge in [-0.2, -0.15) is 0 Å². The minimum Gasteiger partial charge on any atom is -0.505 e. The molecule has 8 heteroatoms. The number of aromatic hydroxyl groups is 1. The molecule has 2 aromatic carbocycles. The summed E-state index contributed by atoms with van der Waals surface area (Å²) in [6.07, 6.45) is 0. The summed E-state index contributed by atoms with van der Waals surface area (Å²) in [6, 6.07) is 6.88. The molecule has 0 spiro atoms. The Morgan fingerprint density at radius 3 is 2.44 bits per heavy atom. The van der Waals surface area contributed by atoms with Crippen LogP contribution in [0.5, 0.6) is 11.5 Å². The number of hydrogen-bond acceptors (Lipinski definition) is 6. The van der Waals surface area contributed by atoms with Crippen molar-refractivity contribution in [1.82, 2.24) is 10.2 Å².